The van der Waals surface area contributed by atoms with Gasteiger partial charge in [0, 0.05) is 24.1 Å². The van der Waals surface area contributed by atoms with Crippen LogP contribution < -0.4 is 10.6 Å². The van der Waals surface area contributed by atoms with Gasteiger partial charge in [-0.2, -0.15) is 13.2 Å². The molecule has 2 aromatic rings. The molecule has 30 heavy (non-hydrogen) atoms. The average Bonchev–Trinajstić information content (AvgIpc) is 3.19. The first-order chi connectivity index (χ1) is 14.0. The maximum atomic E-state index is 12.8. The molecule has 3 rings (SSSR count). The highest BCUT2D eigenvalue weighted by Gasteiger charge is 2.40. The van der Waals surface area contributed by atoms with Crippen molar-refractivity contribution in [3.63, 3.8) is 0 Å². The number of anilines is 1. The quantitative estimate of drug-likeness (QED) is 0.403. The van der Waals surface area contributed by atoms with Crippen LogP contribution in [0.3, 0.4) is 0 Å². The highest BCUT2D eigenvalue weighted by Crippen LogP contribution is 2.34. The summed E-state index contributed by atoms with van der Waals surface area (Å²) in [7, 11) is 0. The summed E-state index contributed by atoms with van der Waals surface area (Å²) in [5, 5.41) is 4.05. The minimum atomic E-state index is -4.71. The number of halogens is 5. The van der Waals surface area contributed by atoms with Crippen LogP contribution in [0.2, 0.25) is 10.2 Å². The second-order valence-electron chi connectivity index (χ2n) is 6.63. The van der Waals surface area contributed by atoms with Crippen LogP contribution in [-0.2, 0) is 17.8 Å². The Bertz CT molecular complexity index is 1040. The molecule has 3 heterocycles. The van der Waals surface area contributed by atoms with Crippen molar-refractivity contribution in [2.45, 2.75) is 38.5 Å². The molecule has 1 aliphatic heterocycles. The number of nitrogens with zero attached hydrogens (tertiary/aromatic N) is 2. The van der Waals surface area contributed by atoms with Gasteiger partial charge >= 0.3 is 6.18 Å². The molecule has 0 spiro atoms. The molecule has 0 saturated carbocycles. The molecular weight excluding hydrogens is 448 g/mol. The monoisotopic (exact) mass is 462 g/mol. The van der Waals surface area contributed by atoms with Gasteiger partial charge in [-0.1, -0.05) is 23.2 Å². The lowest BCUT2D eigenvalue weighted by Crippen LogP contribution is -2.46. The number of carbonyl (C=O) groups is 3. The lowest BCUT2D eigenvalue weighted by molar-refractivity contribution is -0.156. The minimum absolute atomic E-state index is 0.0119. The van der Waals surface area contributed by atoms with Crippen LogP contribution in [-0.4, -0.2) is 39.4 Å². The molecule has 0 aromatic carbocycles. The summed E-state index contributed by atoms with van der Waals surface area (Å²) in [6, 6.07) is 0.674. The van der Waals surface area contributed by atoms with E-state index in [2.05, 4.69) is 10.3 Å². The number of hydrogen-bond donors (Lipinski definition) is 2. The molecular formula is C18H15Cl2F3N4O3. The van der Waals surface area contributed by atoms with Crippen molar-refractivity contribution in [1.82, 2.24) is 14.9 Å². The molecule has 7 nitrogen and oxygen atoms in total. The Morgan fingerprint density at radius 3 is 2.60 bits per heavy atom. The zero-order valence-corrected chi connectivity index (χ0v) is 17.0. The summed E-state index contributed by atoms with van der Waals surface area (Å²) in [5.74, 6) is -3.34. The van der Waals surface area contributed by atoms with E-state index in [1.807, 2.05) is 0 Å². The third-order valence-corrected chi connectivity index (χ3v) is 5.15. The number of pyridine rings is 1. The highest BCUT2D eigenvalue weighted by molar-refractivity contribution is 6.48. The zero-order chi connectivity index (χ0) is 22.2. The van der Waals surface area contributed by atoms with Crippen molar-refractivity contribution < 1.29 is 27.6 Å². The van der Waals surface area contributed by atoms with Gasteiger partial charge in [-0.05, 0) is 31.9 Å². The number of Topliss-reactive ketones (excluding diaryl/α,β-unsaturated/α-hetero) is 1. The number of hydrogen-bond acceptors (Lipinski definition) is 4. The van der Waals surface area contributed by atoms with Crippen molar-refractivity contribution in [3.8, 4) is 0 Å². The average molecular weight is 463 g/mol. The van der Waals surface area contributed by atoms with Gasteiger partial charge in [0.25, 0.3) is 17.6 Å². The molecule has 0 bridgehead atoms. The summed E-state index contributed by atoms with van der Waals surface area (Å²) < 4.78 is 39.5. The first kappa shape index (κ1) is 22.1. The minimum Gasteiger partial charge on any atom is -0.340 e. The normalized spacial score (nSPS) is 14.2. The maximum absolute atomic E-state index is 12.8. The number of amides is 2. The summed E-state index contributed by atoms with van der Waals surface area (Å²) in [6.07, 6.45) is -2.34. The van der Waals surface area contributed by atoms with Crippen LogP contribution >= 0.6 is 23.2 Å². The van der Waals surface area contributed by atoms with E-state index in [0.29, 0.717) is 37.7 Å². The Balaban J connectivity index is 1.91. The van der Waals surface area contributed by atoms with Gasteiger partial charge in [-0.3, -0.25) is 14.4 Å². The highest BCUT2D eigenvalue weighted by atomic mass is 35.5. The van der Waals surface area contributed by atoms with Crippen molar-refractivity contribution in [2.24, 2.45) is 0 Å². The summed E-state index contributed by atoms with van der Waals surface area (Å²) in [6.45, 7) is 1.01. The van der Waals surface area contributed by atoms with Gasteiger partial charge in [-0.15, -0.1) is 0 Å². The molecule has 0 saturated heterocycles. The number of nitrogens with one attached hydrogen (secondary N) is 2. The van der Waals surface area contributed by atoms with E-state index in [0.717, 1.165) is 0 Å². The van der Waals surface area contributed by atoms with Crippen LogP contribution in [0.4, 0.5) is 18.9 Å². The van der Waals surface area contributed by atoms with E-state index in [-0.39, 0.29) is 21.4 Å². The number of ketones is 1. The summed E-state index contributed by atoms with van der Waals surface area (Å²) >= 11 is 12.1. The Hall–Kier alpha value is -2.59. The number of carbonyl (C=O) groups excluding carboxylic acids is 3. The molecule has 2 amide bonds. The Morgan fingerprint density at radius 2 is 1.97 bits per heavy atom. The van der Waals surface area contributed by atoms with Gasteiger partial charge in [-0.25, -0.2) is 4.98 Å². The van der Waals surface area contributed by atoms with E-state index in [1.54, 1.807) is 5.32 Å². The SMILES string of the molecule is C[C@@H](NC(=O)C(=O)c1c(Cl)c(C(=O)Nc2ccnc(Cl)c2)c2n1CCC2)C(F)(F)F. The van der Waals surface area contributed by atoms with Crippen LogP contribution in [0, 0.1) is 0 Å². The summed E-state index contributed by atoms with van der Waals surface area (Å²) in [5.41, 5.74) is 0.437. The van der Waals surface area contributed by atoms with Gasteiger partial charge in [0.15, 0.2) is 0 Å². The Kier molecular flexibility index (Phi) is 6.09. The molecule has 2 aromatic heterocycles. The van der Waals surface area contributed by atoms with Crippen LogP contribution in [0.1, 0.15) is 39.9 Å². The third kappa shape index (κ3) is 4.29. The molecule has 0 fully saturated rings. The van der Waals surface area contributed by atoms with Crippen LogP contribution in [0.15, 0.2) is 18.3 Å². The molecule has 160 valence electrons. The fourth-order valence-corrected chi connectivity index (χ4v) is 3.68. The van der Waals surface area contributed by atoms with Crippen molar-refractivity contribution in [2.75, 3.05) is 5.32 Å². The number of rotatable bonds is 5. The van der Waals surface area contributed by atoms with Crippen molar-refractivity contribution >= 4 is 46.5 Å². The second kappa shape index (κ2) is 8.27. The smallest absolute Gasteiger partial charge is 0.340 e. The van der Waals surface area contributed by atoms with E-state index in [9.17, 15) is 27.6 Å². The van der Waals surface area contributed by atoms with Gasteiger partial charge in [0.2, 0.25) is 0 Å². The third-order valence-electron chi connectivity index (χ3n) is 4.58. The predicted molar refractivity (Wildman–Crippen MR) is 103 cm³/mol. The van der Waals surface area contributed by atoms with Gasteiger partial charge in [0.1, 0.15) is 16.9 Å². The lowest BCUT2D eigenvalue weighted by atomic mass is 10.1. The van der Waals surface area contributed by atoms with E-state index in [1.165, 1.54) is 22.9 Å². The van der Waals surface area contributed by atoms with E-state index < -0.39 is 29.8 Å². The Labute approximate surface area is 178 Å². The topological polar surface area (TPSA) is 93.1 Å². The first-order valence-electron chi connectivity index (χ1n) is 8.76. The molecule has 1 atom stereocenters. The van der Waals surface area contributed by atoms with Gasteiger partial charge < -0.3 is 15.2 Å². The maximum Gasteiger partial charge on any atom is 0.408 e. The van der Waals surface area contributed by atoms with E-state index >= 15 is 0 Å². The largest absolute Gasteiger partial charge is 0.408 e. The lowest BCUT2D eigenvalue weighted by Gasteiger charge is -2.16. The van der Waals surface area contributed by atoms with Crippen LogP contribution in [0.5, 0.6) is 0 Å². The van der Waals surface area contributed by atoms with Crippen molar-refractivity contribution in [1.29, 1.82) is 0 Å². The van der Waals surface area contributed by atoms with Crippen molar-refractivity contribution in [3.05, 3.63) is 45.5 Å². The number of alkyl halides is 3. The fraction of sp³-hybridized carbons (Fsp3) is 0.333. The predicted octanol–water partition coefficient (Wildman–Crippen LogP) is 3.64. The molecule has 0 aliphatic carbocycles. The van der Waals surface area contributed by atoms with Gasteiger partial charge in [0.05, 0.1) is 10.6 Å². The molecule has 12 heteroatoms. The zero-order valence-electron chi connectivity index (χ0n) is 15.4. The molecule has 1 aliphatic rings. The standard InChI is InChI=1S/C18H15Cl2F3N4O3/c1-8(18(21,22)23)25-17(30)15(28)14-13(20)12(10-3-2-6-27(10)14)16(29)26-9-4-5-24-11(19)7-9/h4-5,7-8H,2-3,6H2,1H3,(H,25,30)(H,24,26,29)/t8-/m1/s1. The summed E-state index contributed by atoms with van der Waals surface area (Å²) in [4.78, 5) is 41.3. The number of aromatic nitrogens is 2. The van der Waals surface area contributed by atoms with Crippen LogP contribution in [0.25, 0.3) is 0 Å². The Morgan fingerprint density at radius 1 is 1.27 bits per heavy atom. The first-order valence-corrected chi connectivity index (χ1v) is 9.52. The fourth-order valence-electron chi connectivity index (χ4n) is 3.12. The molecule has 0 unspecified atom stereocenters. The molecule has 2 N–H and O–H groups in total. The molecule has 0 radical (unpaired) electrons. The second-order valence-corrected chi connectivity index (χ2v) is 7.39. The number of fused-ring (bicyclic) bond motifs is 1. The van der Waals surface area contributed by atoms with E-state index in [4.69, 9.17) is 23.2 Å².